The predicted molar refractivity (Wildman–Crippen MR) is 53.2 cm³/mol. The molecule has 15 heavy (non-hydrogen) atoms. The van der Waals surface area contributed by atoms with E-state index in [1.807, 2.05) is 0 Å². The summed E-state index contributed by atoms with van der Waals surface area (Å²) in [5.74, 6) is -0.976. The topological polar surface area (TPSA) is 67.3 Å². The van der Waals surface area contributed by atoms with Crippen molar-refractivity contribution in [3.05, 3.63) is 29.1 Å². The Balaban J connectivity index is 2.48. The molecule has 1 N–H and O–H groups in total. The molecule has 0 aliphatic heterocycles. The number of rotatable bonds is 3. The summed E-state index contributed by atoms with van der Waals surface area (Å²) in [6, 6.07) is 3.17. The molecule has 2 rings (SSSR count). The van der Waals surface area contributed by atoms with Crippen molar-refractivity contribution in [3.8, 4) is 0 Å². The zero-order valence-electron chi connectivity index (χ0n) is 8.36. The maximum Gasteiger partial charge on any atom is 0.338 e. The van der Waals surface area contributed by atoms with Gasteiger partial charge in [0.25, 0.3) is 0 Å². The van der Waals surface area contributed by atoms with Crippen LogP contribution in [0.1, 0.15) is 52.2 Å². The molecule has 0 atom stereocenters. The van der Waals surface area contributed by atoms with E-state index in [9.17, 15) is 9.59 Å². The minimum atomic E-state index is -1.10. The molecule has 0 unspecified atom stereocenters. The lowest BCUT2D eigenvalue weighted by atomic mass is 10.1. The summed E-state index contributed by atoms with van der Waals surface area (Å²) < 4.78 is 0. The second kappa shape index (κ2) is 3.46. The highest BCUT2D eigenvalue weighted by atomic mass is 16.4. The van der Waals surface area contributed by atoms with Gasteiger partial charge in [0.2, 0.25) is 0 Å². The smallest absolute Gasteiger partial charge is 0.338 e. The standard InChI is InChI=1S/C11H11NO3/c1-6(13)10-8(11(14)15)4-5-9(12-10)7-2-3-7/h4-5,7H,2-3H2,1H3,(H,14,15). The molecule has 4 heteroatoms. The maximum absolute atomic E-state index is 11.2. The number of aromatic carboxylic acids is 1. The minimum absolute atomic E-state index is 0.00750. The normalized spacial score (nSPS) is 15.0. The van der Waals surface area contributed by atoms with E-state index in [1.165, 1.54) is 13.0 Å². The molecule has 1 aromatic heterocycles. The van der Waals surface area contributed by atoms with Gasteiger partial charge in [0.05, 0.1) is 5.56 Å². The van der Waals surface area contributed by atoms with Crippen LogP contribution in [0.2, 0.25) is 0 Å². The van der Waals surface area contributed by atoms with Gasteiger partial charge in [-0.15, -0.1) is 0 Å². The highest BCUT2D eigenvalue weighted by Crippen LogP contribution is 2.39. The van der Waals surface area contributed by atoms with Gasteiger partial charge in [-0.1, -0.05) is 0 Å². The Morgan fingerprint density at radius 1 is 1.40 bits per heavy atom. The van der Waals surface area contributed by atoms with Crippen LogP contribution in [-0.4, -0.2) is 21.8 Å². The largest absolute Gasteiger partial charge is 0.478 e. The zero-order valence-corrected chi connectivity index (χ0v) is 8.36. The Hall–Kier alpha value is -1.71. The molecule has 1 aromatic rings. The minimum Gasteiger partial charge on any atom is -0.478 e. The number of pyridine rings is 1. The van der Waals surface area contributed by atoms with Gasteiger partial charge >= 0.3 is 5.97 Å². The third kappa shape index (κ3) is 1.88. The molecule has 1 aliphatic rings. The van der Waals surface area contributed by atoms with Gasteiger partial charge in [0.15, 0.2) is 5.78 Å². The van der Waals surface area contributed by atoms with Crippen molar-refractivity contribution in [3.63, 3.8) is 0 Å². The van der Waals surface area contributed by atoms with Gasteiger partial charge in [-0.05, 0) is 25.0 Å². The third-order valence-electron chi connectivity index (χ3n) is 2.48. The quantitative estimate of drug-likeness (QED) is 0.765. The van der Waals surface area contributed by atoms with Gasteiger partial charge in [0, 0.05) is 18.5 Å². The number of carbonyl (C=O) groups excluding carboxylic acids is 1. The number of nitrogens with zero attached hydrogens (tertiary/aromatic N) is 1. The first-order chi connectivity index (χ1) is 7.09. The molecular formula is C11H11NO3. The van der Waals surface area contributed by atoms with E-state index >= 15 is 0 Å². The summed E-state index contributed by atoms with van der Waals surface area (Å²) in [6.45, 7) is 1.34. The van der Waals surface area contributed by atoms with Crippen molar-refractivity contribution < 1.29 is 14.7 Å². The molecule has 1 saturated carbocycles. The molecular weight excluding hydrogens is 194 g/mol. The Morgan fingerprint density at radius 2 is 2.07 bits per heavy atom. The predicted octanol–water partition coefficient (Wildman–Crippen LogP) is 1.86. The average Bonchev–Trinajstić information content (AvgIpc) is 2.99. The fourth-order valence-electron chi connectivity index (χ4n) is 1.52. The second-order valence-corrected chi connectivity index (χ2v) is 3.77. The highest BCUT2D eigenvalue weighted by Gasteiger charge is 2.27. The number of carbonyl (C=O) groups is 2. The number of hydrogen-bond acceptors (Lipinski definition) is 3. The van der Waals surface area contributed by atoms with Gasteiger partial charge in [0.1, 0.15) is 5.69 Å². The Kier molecular flexibility index (Phi) is 2.26. The summed E-state index contributed by atoms with van der Waals surface area (Å²) in [6.07, 6.45) is 2.16. The Morgan fingerprint density at radius 3 is 2.53 bits per heavy atom. The first kappa shape index (κ1) is 9.83. The maximum atomic E-state index is 11.2. The number of carboxylic acid groups (broad SMARTS) is 1. The van der Waals surface area contributed by atoms with Gasteiger partial charge in [-0.2, -0.15) is 0 Å². The zero-order chi connectivity index (χ0) is 11.0. The molecule has 1 heterocycles. The van der Waals surface area contributed by atoms with Crippen molar-refractivity contribution in [2.24, 2.45) is 0 Å². The van der Waals surface area contributed by atoms with Crippen LogP contribution in [0.25, 0.3) is 0 Å². The summed E-state index contributed by atoms with van der Waals surface area (Å²) >= 11 is 0. The molecule has 78 valence electrons. The molecule has 4 nitrogen and oxygen atoms in total. The molecule has 0 bridgehead atoms. The Labute approximate surface area is 87.0 Å². The molecule has 0 saturated heterocycles. The van der Waals surface area contributed by atoms with Gasteiger partial charge < -0.3 is 5.11 Å². The lowest BCUT2D eigenvalue weighted by Crippen LogP contribution is -2.10. The molecule has 1 aliphatic carbocycles. The van der Waals surface area contributed by atoms with E-state index in [-0.39, 0.29) is 17.0 Å². The number of ketones is 1. The van der Waals surface area contributed by atoms with Crippen LogP contribution in [0, 0.1) is 0 Å². The van der Waals surface area contributed by atoms with E-state index in [0.717, 1.165) is 18.5 Å². The highest BCUT2D eigenvalue weighted by molar-refractivity contribution is 6.03. The van der Waals surface area contributed by atoms with Crippen LogP contribution in [0.3, 0.4) is 0 Å². The lowest BCUT2D eigenvalue weighted by molar-refractivity contribution is 0.0691. The van der Waals surface area contributed by atoms with Gasteiger partial charge in [-0.3, -0.25) is 4.79 Å². The van der Waals surface area contributed by atoms with Crippen LogP contribution in [0.15, 0.2) is 12.1 Å². The van der Waals surface area contributed by atoms with Crippen LogP contribution < -0.4 is 0 Å². The molecule has 0 aromatic carbocycles. The second-order valence-electron chi connectivity index (χ2n) is 3.77. The number of hydrogen-bond donors (Lipinski definition) is 1. The first-order valence-electron chi connectivity index (χ1n) is 4.84. The van der Waals surface area contributed by atoms with E-state index in [2.05, 4.69) is 4.98 Å². The van der Waals surface area contributed by atoms with E-state index in [4.69, 9.17) is 5.11 Å². The van der Waals surface area contributed by atoms with Crippen LogP contribution in [0.5, 0.6) is 0 Å². The van der Waals surface area contributed by atoms with E-state index in [0.29, 0.717) is 5.92 Å². The molecule has 0 spiro atoms. The summed E-state index contributed by atoms with van der Waals surface area (Å²) in [4.78, 5) is 26.2. The van der Waals surface area contributed by atoms with Crippen molar-refractivity contribution in [1.82, 2.24) is 4.98 Å². The fourth-order valence-corrected chi connectivity index (χ4v) is 1.52. The van der Waals surface area contributed by atoms with Crippen LogP contribution >= 0.6 is 0 Å². The van der Waals surface area contributed by atoms with Crippen molar-refractivity contribution in [1.29, 1.82) is 0 Å². The molecule has 0 amide bonds. The van der Waals surface area contributed by atoms with Crippen LogP contribution in [0.4, 0.5) is 0 Å². The molecule has 0 radical (unpaired) electrons. The van der Waals surface area contributed by atoms with Crippen molar-refractivity contribution in [2.75, 3.05) is 0 Å². The number of carboxylic acids is 1. The summed E-state index contributed by atoms with van der Waals surface area (Å²) in [7, 11) is 0. The van der Waals surface area contributed by atoms with Gasteiger partial charge in [-0.25, -0.2) is 9.78 Å². The number of Topliss-reactive ketones (excluding diaryl/α,β-unsaturated/α-hetero) is 1. The first-order valence-corrected chi connectivity index (χ1v) is 4.84. The fraction of sp³-hybridized carbons (Fsp3) is 0.364. The molecule has 1 fully saturated rings. The van der Waals surface area contributed by atoms with Crippen molar-refractivity contribution in [2.45, 2.75) is 25.7 Å². The van der Waals surface area contributed by atoms with Crippen molar-refractivity contribution >= 4 is 11.8 Å². The van der Waals surface area contributed by atoms with E-state index in [1.54, 1.807) is 6.07 Å². The lowest BCUT2D eigenvalue weighted by Gasteiger charge is -2.04. The van der Waals surface area contributed by atoms with E-state index < -0.39 is 5.97 Å². The average molecular weight is 205 g/mol. The summed E-state index contributed by atoms with van der Waals surface area (Å²) in [5.41, 5.74) is 0.906. The monoisotopic (exact) mass is 205 g/mol. The third-order valence-corrected chi connectivity index (χ3v) is 2.48. The van der Waals surface area contributed by atoms with Crippen LogP contribution in [-0.2, 0) is 0 Å². The Bertz CT molecular complexity index is 435. The number of aromatic nitrogens is 1. The summed E-state index contributed by atoms with van der Waals surface area (Å²) in [5, 5.41) is 8.87. The SMILES string of the molecule is CC(=O)c1nc(C2CC2)ccc1C(=O)O.